The second-order valence-corrected chi connectivity index (χ2v) is 5.84. The Morgan fingerprint density at radius 3 is 2.52 bits per heavy atom. The van der Waals surface area contributed by atoms with Crippen LogP contribution in [0, 0.1) is 0 Å². The Kier molecular flexibility index (Phi) is 8.70. The standard InChI is InChI=1S/C16H27N3O.HI/c1-12(2)19-15(17-5)18-11-16(3,4)13-8-7-9-14(10-13)20-6;/h7-10,12H,11H2,1-6H3,(H2,17,18,19);1H. The largest absolute Gasteiger partial charge is 0.497 e. The summed E-state index contributed by atoms with van der Waals surface area (Å²) in [7, 11) is 3.48. The van der Waals surface area contributed by atoms with Crippen LogP contribution in [0.15, 0.2) is 29.3 Å². The number of halogens is 1. The van der Waals surface area contributed by atoms with E-state index in [2.05, 4.69) is 55.5 Å². The van der Waals surface area contributed by atoms with Gasteiger partial charge in [0.2, 0.25) is 0 Å². The lowest BCUT2D eigenvalue weighted by Crippen LogP contribution is -2.45. The van der Waals surface area contributed by atoms with Gasteiger partial charge in [-0.05, 0) is 31.5 Å². The Morgan fingerprint density at radius 2 is 2.00 bits per heavy atom. The van der Waals surface area contributed by atoms with Crippen molar-refractivity contribution in [1.82, 2.24) is 10.6 Å². The second-order valence-electron chi connectivity index (χ2n) is 5.84. The van der Waals surface area contributed by atoms with Crippen molar-refractivity contribution in [3.05, 3.63) is 29.8 Å². The van der Waals surface area contributed by atoms with Crippen molar-refractivity contribution in [2.24, 2.45) is 4.99 Å². The first-order valence-corrected chi connectivity index (χ1v) is 7.01. The molecule has 0 saturated heterocycles. The number of aliphatic imine (C=N–C) groups is 1. The van der Waals surface area contributed by atoms with Crippen molar-refractivity contribution >= 4 is 29.9 Å². The highest BCUT2D eigenvalue weighted by molar-refractivity contribution is 14.0. The summed E-state index contributed by atoms with van der Waals surface area (Å²) in [5.74, 6) is 1.72. The quantitative estimate of drug-likeness (QED) is 0.450. The predicted molar refractivity (Wildman–Crippen MR) is 101 cm³/mol. The SMILES string of the molecule is CN=C(NCC(C)(C)c1cccc(OC)c1)NC(C)C.I. The van der Waals surface area contributed by atoms with Crippen LogP contribution in [0.4, 0.5) is 0 Å². The first-order chi connectivity index (χ1) is 9.39. The monoisotopic (exact) mass is 405 g/mol. The van der Waals surface area contributed by atoms with E-state index < -0.39 is 0 Å². The molecule has 0 saturated carbocycles. The molecule has 0 bridgehead atoms. The molecule has 0 amide bonds. The van der Waals surface area contributed by atoms with Crippen LogP contribution in [0.1, 0.15) is 33.3 Å². The van der Waals surface area contributed by atoms with Crippen molar-refractivity contribution in [3.63, 3.8) is 0 Å². The molecule has 2 N–H and O–H groups in total. The van der Waals surface area contributed by atoms with Crippen molar-refractivity contribution in [1.29, 1.82) is 0 Å². The number of nitrogens with one attached hydrogen (secondary N) is 2. The molecule has 0 heterocycles. The van der Waals surface area contributed by atoms with Gasteiger partial charge in [0.1, 0.15) is 5.75 Å². The van der Waals surface area contributed by atoms with Crippen LogP contribution in [0.5, 0.6) is 5.75 Å². The Labute approximate surface area is 145 Å². The summed E-state index contributed by atoms with van der Waals surface area (Å²) in [4.78, 5) is 4.23. The summed E-state index contributed by atoms with van der Waals surface area (Å²) in [5.41, 5.74) is 1.23. The summed E-state index contributed by atoms with van der Waals surface area (Å²) < 4.78 is 5.29. The first-order valence-electron chi connectivity index (χ1n) is 7.01. The zero-order chi connectivity index (χ0) is 15.2. The van der Waals surface area contributed by atoms with Crippen molar-refractivity contribution in [3.8, 4) is 5.75 Å². The topological polar surface area (TPSA) is 45.7 Å². The van der Waals surface area contributed by atoms with Crippen LogP contribution < -0.4 is 15.4 Å². The summed E-state index contributed by atoms with van der Waals surface area (Å²) >= 11 is 0. The normalized spacial score (nSPS) is 11.9. The van der Waals surface area contributed by atoms with Crippen LogP contribution >= 0.6 is 24.0 Å². The van der Waals surface area contributed by atoms with Crippen LogP contribution in [0.2, 0.25) is 0 Å². The molecule has 0 aromatic heterocycles. The maximum Gasteiger partial charge on any atom is 0.191 e. The average Bonchev–Trinajstić information content (AvgIpc) is 2.43. The number of hydrogen-bond acceptors (Lipinski definition) is 2. The smallest absolute Gasteiger partial charge is 0.191 e. The Hall–Kier alpha value is -0.980. The van der Waals surface area contributed by atoms with Gasteiger partial charge in [0.25, 0.3) is 0 Å². The van der Waals surface area contributed by atoms with Gasteiger partial charge >= 0.3 is 0 Å². The molecule has 0 fully saturated rings. The Morgan fingerprint density at radius 1 is 1.33 bits per heavy atom. The van der Waals surface area contributed by atoms with Crippen molar-refractivity contribution in [2.45, 2.75) is 39.2 Å². The van der Waals surface area contributed by atoms with Gasteiger partial charge in [-0.25, -0.2) is 0 Å². The molecule has 120 valence electrons. The average molecular weight is 405 g/mol. The molecule has 0 aliphatic carbocycles. The fourth-order valence-electron chi connectivity index (χ4n) is 1.92. The minimum absolute atomic E-state index is 0. The first kappa shape index (κ1) is 20.0. The number of guanidine groups is 1. The van der Waals surface area contributed by atoms with E-state index in [0.29, 0.717) is 6.04 Å². The van der Waals surface area contributed by atoms with Crippen LogP contribution in [-0.2, 0) is 5.41 Å². The highest BCUT2D eigenvalue weighted by atomic mass is 127. The van der Waals surface area contributed by atoms with Gasteiger partial charge in [0.05, 0.1) is 7.11 Å². The van der Waals surface area contributed by atoms with Gasteiger partial charge < -0.3 is 15.4 Å². The van der Waals surface area contributed by atoms with Crippen LogP contribution in [-0.4, -0.2) is 32.7 Å². The highest BCUT2D eigenvalue weighted by Gasteiger charge is 2.21. The highest BCUT2D eigenvalue weighted by Crippen LogP contribution is 2.25. The number of rotatable bonds is 5. The van der Waals surface area contributed by atoms with Gasteiger partial charge in [-0.1, -0.05) is 26.0 Å². The molecule has 21 heavy (non-hydrogen) atoms. The summed E-state index contributed by atoms with van der Waals surface area (Å²) in [6, 6.07) is 8.56. The van der Waals surface area contributed by atoms with E-state index in [4.69, 9.17) is 4.74 Å². The summed E-state index contributed by atoms with van der Waals surface area (Å²) in [6.07, 6.45) is 0. The van der Waals surface area contributed by atoms with Gasteiger partial charge in [0, 0.05) is 25.0 Å². The van der Waals surface area contributed by atoms with E-state index in [1.54, 1.807) is 14.2 Å². The second kappa shape index (κ2) is 9.12. The van der Waals surface area contributed by atoms with Gasteiger partial charge in [-0.3, -0.25) is 4.99 Å². The maximum atomic E-state index is 5.29. The van der Waals surface area contributed by atoms with Gasteiger partial charge in [-0.2, -0.15) is 0 Å². The number of nitrogens with zero attached hydrogens (tertiary/aromatic N) is 1. The number of methoxy groups -OCH3 is 1. The predicted octanol–water partition coefficient (Wildman–Crippen LogP) is 3.16. The maximum absolute atomic E-state index is 5.29. The fraction of sp³-hybridized carbons (Fsp3) is 0.562. The fourth-order valence-corrected chi connectivity index (χ4v) is 1.92. The molecule has 1 aromatic rings. The van der Waals surface area contributed by atoms with Gasteiger partial charge in [0.15, 0.2) is 5.96 Å². The minimum atomic E-state index is -0.0108. The van der Waals surface area contributed by atoms with Gasteiger partial charge in [-0.15, -0.1) is 24.0 Å². The molecule has 4 nitrogen and oxygen atoms in total. The molecule has 5 heteroatoms. The molecule has 1 aromatic carbocycles. The molecule has 0 spiro atoms. The zero-order valence-corrected chi connectivity index (χ0v) is 16.2. The lowest BCUT2D eigenvalue weighted by atomic mass is 9.84. The van der Waals surface area contributed by atoms with E-state index in [1.165, 1.54) is 5.56 Å². The van der Waals surface area contributed by atoms with E-state index >= 15 is 0 Å². The van der Waals surface area contributed by atoms with Crippen molar-refractivity contribution < 1.29 is 4.74 Å². The third kappa shape index (κ3) is 6.54. The molecule has 0 unspecified atom stereocenters. The number of benzene rings is 1. The lowest BCUT2D eigenvalue weighted by molar-refractivity contribution is 0.411. The lowest BCUT2D eigenvalue weighted by Gasteiger charge is -2.27. The van der Waals surface area contributed by atoms with E-state index in [9.17, 15) is 0 Å². The molecule has 0 radical (unpaired) electrons. The molecule has 0 aliphatic heterocycles. The number of hydrogen-bond donors (Lipinski definition) is 2. The molecule has 0 aliphatic rings. The van der Waals surface area contributed by atoms with E-state index in [0.717, 1.165) is 18.3 Å². The molecule has 1 rings (SSSR count). The zero-order valence-electron chi connectivity index (χ0n) is 13.9. The van der Waals surface area contributed by atoms with Crippen LogP contribution in [0.3, 0.4) is 0 Å². The molecule has 0 atom stereocenters. The summed E-state index contributed by atoms with van der Waals surface area (Å²) in [5, 5.41) is 6.67. The third-order valence-corrected chi connectivity index (χ3v) is 3.20. The van der Waals surface area contributed by atoms with E-state index in [1.807, 2.05) is 12.1 Å². The van der Waals surface area contributed by atoms with Crippen LogP contribution in [0.25, 0.3) is 0 Å². The minimum Gasteiger partial charge on any atom is -0.497 e. The van der Waals surface area contributed by atoms with E-state index in [-0.39, 0.29) is 29.4 Å². The Bertz CT molecular complexity index is 459. The third-order valence-electron chi connectivity index (χ3n) is 3.20. The molecular formula is C16H28IN3O. The van der Waals surface area contributed by atoms with Crippen molar-refractivity contribution in [2.75, 3.05) is 20.7 Å². The number of ether oxygens (including phenoxy) is 1. The molecular weight excluding hydrogens is 377 g/mol. The Balaban J connectivity index is 0.00000400. The summed E-state index contributed by atoms with van der Waals surface area (Å²) in [6.45, 7) is 9.40.